The fraction of sp³-hybridized carbons (Fsp3) is 0.500. The zero-order valence-corrected chi connectivity index (χ0v) is 18.4. The van der Waals surface area contributed by atoms with Crippen molar-refractivity contribution >= 4 is 23.4 Å². The molecular weight excluding hydrogens is 404 g/mol. The average molecular weight is 433 g/mol. The number of piperidine rings is 1. The van der Waals surface area contributed by atoms with Gasteiger partial charge in [-0.15, -0.1) is 0 Å². The monoisotopic (exact) mass is 432 g/mol. The minimum atomic E-state index is -0.408. The SMILES string of the molecule is CCn1nc(C(C)C)cc1C(=O)N1CC[C@H](Oc2cccc(Cl)c2)[C@@H](CC(N)=O)C1. The van der Waals surface area contributed by atoms with E-state index in [9.17, 15) is 9.59 Å². The molecule has 2 N–H and O–H groups in total. The Morgan fingerprint density at radius 1 is 1.33 bits per heavy atom. The quantitative estimate of drug-likeness (QED) is 0.725. The number of hydrogen-bond donors (Lipinski definition) is 1. The van der Waals surface area contributed by atoms with E-state index in [1.807, 2.05) is 25.1 Å². The van der Waals surface area contributed by atoms with Gasteiger partial charge in [-0.2, -0.15) is 5.10 Å². The predicted molar refractivity (Wildman–Crippen MR) is 116 cm³/mol. The lowest BCUT2D eigenvalue weighted by atomic mass is 9.91. The largest absolute Gasteiger partial charge is 0.490 e. The minimum absolute atomic E-state index is 0.0769. The second kappa shape index (κ2) is 9.51. The smallest absolute Gasteiger partial charge is 0.272 e. The Hall–Kier alpha value is -2.54. The van der Waals surface area contributed by atoms with Gasteiger partial charge >= 0.3 is 0 Å². The van der Waals surface area contributed by atoms with Crippen LogP contribution in [0.3, 0.4) is 0 Å². The number of hydrogen-bond acceptors (Lipinski definition) is 4. The van der Waals surface area contributed by atoms with Crippen LogP contribution in [0.5, 0.6) is 5.75 Å². The molecule has 2 atom stereocenters. The third-order valence-corrected chi connectivity index (χ3v) is 5.64. The standard InChI is InChI=1S/C22H29ClN4O3/c1-4-27-19(12-18(25-27)14(2)3)22(29)26-9-8-20(15(13-26)10-21(24)28)30-17-7-5-6-16(23)11-17/h5-7,11-12,14-15,20H,4,8-10,13H2,1-3H3,(H2,24,28)/t15-,20-/m0/s1. The third-order valence-electron chi connectivity index (χ3n) is 5.41. The van der Waals surface area contributed by atoms with Gasteiger partial charge in [0, 0.05) is 43.4 Å². The van der Waals surface area contributed by atoms with Crippen LogP contribution in [0.2, 0.25) is 5.02 Å². The van der Waals surface area contributed by atoms with Crippen LogP contribution in [0.15, 0.2) is 30.3 Å². The van der Waals surface area contributed by atoms with Gasteiger partial charge in [0.2, 0.25) is 5.91 Å². The molecule has 1 fully saturated rings. The normalized spacial score (nSPS) is 19.2. The molecule has 0 bridgehead atoms. The topological polar surface area (TPSA) is 90.4 Å². The van der Waals surface area contributed by atoms with Crippen molar-refractivity contribution in [3.63, 3.8) is 0 Å². The van der Waals surface area contributed by atoms with Crippen LogP contribution in [-0.4, -0.2) is 45.7 Å². The first-order chi connectivity index (χ1) is 14.3. The molecule has 7 nitrogen and oxygen atoms in total. The number of carbonyl (C=O) groups is 2. The molecule has 2 aromatic rings. The first kappa shape index (κ1) is 22.2. The Balaban J connectivity index is 1.77. The maximum Gasteiger partial charge on any atom is 0.272 e. The Kier molecular flexibility index (Phi) is 7.02. The van der Waals surface area contributed by atoms with E-state index in [2.05, 4.69) is 18.9 Å². The van der Waals surface area contributed by atoms with Crippen molar-refractivity contribution in [3.05, 3.63) is 46.7 Å². The first-order valence-corrected chi connectivity index (χ1v) is 10.7. The molecule has 3 rings (SSSR count). The lowest BCUT2D eigenvalue weighted by Crippen LogP contribution is -2.49. The lowest BCUT2D eigenvalue weighted by molar-refractivity contribution is -0.120. The molecule has 0 aliphatic carbocycles. The van der Waals surface area contributed by atoms with Crippen molar-refractivity contribution in [1.29, 1.82) is 0 Å². The van der Waals surface area contributed by atoms with Gasteiger partial charge in [0.25, 0.3) is 5.91 Å². The Morgan fingerprint density at radius 2 is 2.10 bits per heavy atom. The number of aryl methyl sites for hydroxylation is 1. The highest BCUT2D eigenvalue weighted by Crippen LogP contribution is 2.28. The van der Waals surface area contributed by atoms with Gasteiger partial charge in [-0.1, -0.05) is 31.5 Å². The number of ether oxygens (including phenoxy) is 1. The molecule has 8 heteroatoms. The van der Waals surface area contributed by atoms with Crippen molar-refractivity contribution in [1.82, 2.24) is 14.7 Å². The molecule has 2 amide bonds. The number of halogens is 1. The van der Waals surface area contributed by atoms with E-state index in [4.69, 9.17) is 22.1 Å². The number of nitrogens with two attached hydrogens (primary N) is 1. The van der Waals surface area contributed by atoms with Crippen LogP contribution >= 0.6 is 11.6 Å². The fourth-order valence-corrected chi connectivity index (χ4v) is 3.99. The molecule has 1 saturated heterocycles. The summed E-state index contributed by atoms with van der Waals surface area (Å²) in [6.45, 7) is 7.63. The third kappa shape index (κ3) is 5.14. The van der Waals surface area contributed by atoms with Crippen LogP contribution in [0, 0.1) is 5.92 Å². The van der Waals surface area contributed by atoms with Crippen LogP contribution < -0.4 is 10.5 Å². The van der Waals surface area contributed by atoms with Crippen LogP contribution in [0.4, 0.5) is 0 Å². The lowest BCUT2D eigenvalue weighted by Gasteiger charge is -2.38. The minimum Gasteiger partial charge on any atom is -0.490 e. The van der Waals surface area contributed by atoms with Gasteiger partial charge in [0.15, 0.2) is 0 Å². The summed E-state index contributed by atoms with van der Waals surface area (Å²) in [7, 11) is 0. The van der Waals surface area contributed by atoms with Crippen LogP contribution in [0.25, 0.3) is 0 Å². The summed E-state index contributed by atoms with van der Waals surface area (Å²) in [4.78, 5) is 26.7. The van der Waals surface area contributed by atoms with Gasteiger partial charge < -0.3 is 15.4 Å². The second-order valence-corrected chi connectivity index (χ2v) is 8.45. The number of rotatable bonds is 7. The molecule has 1 aromatic heterocycles. The van der Waals surface area contributed by atoms with E-state index in [-0.39, 0.29) is 30.3 Å². The van der Waals surface area contributed by atoms with E-state index in [1.54, 1.807) is 21.7 Å². The Morgan fingerprint density at radius 3 is 2.73 bits per heavy atom. The van der Waals surface area contributed by atoms with Gasteiger partial charge in [0.05, 0.1) is 5.69 Å². The molecule has 2 heterocycles. The second-order valence-electron chi connectivity index (χ2n) is 8.01. The Bertz CT molecular complexity index is 912. The number of benzene rings is 1. The zero-order chi connectivity index (χ0) is 21.8. The summed E-state index contributed by atoms with van der Waals surface area (Å²) < 4.78 is 7.86. The number of primary amides is 1. The summed E-state index contributed by atoms with van der Waals surface area (Å²) in [6, 6.07) is 9.04. The summed E-state index contributed by atoms with van der Waals surface area (Å²) in [5.74, 6) is 0.208. The van der Waals surface area contributed by atoms with Gasteiger partial charge in [-0.3, -0.25) is 14.3 Å². The maximum absolute atomic E-state index is 13.2. The summed E-state index contributed by atoms with van der Waals surface area (Å²) in [5.41, 5.74) is 6.96. The molecule has 1 aromatic carbocycles. The molecule has 0 radical (unpaired) electrons. The molecule has 1 aliphatic heterocycles. The van der Waals surface area contributed by atoms with Crippen molar-refractivity contribution < 1.29 is 14.3 Å². The highest BCUT2D eigenvalue weighted by molar-refractivity contribution is 6.30. The molecule has 1 aliphatic rings. The van der Waals surface area contributed by atoms with Crippen LogP contribution in [-0.2, 0) is 11.3 Å². The van der Waals surface area contributed by atoms with Crippen molar-refractivity contribution in [2.75, 3.05) is 13.1 Å². The summed E-state index contributed by atoms with van der Waals surface area (Å²) >= 11 is 6.05. The van der Waals surface area contributed by atoms with Gasteiger partial charge in [-0.25, -0.2) is 0 Å². The molecular formula is C22H29ClN4O3. The number of carbonyl (C=O) groups excluding carboxylic acids is 2. The number of likely N-dealkylation sites (tertiary alicyclic amines) is 1. The first-order valence-electron chi connectivity index (χ1n) is 10.4. The number of nitrogens with zero attached hydrogens (tertiary/aromatic N) is 3. The van der Waals surface area contributed by atoms with Crippen molar-refractivity contribution in [3.8, 4) is 5.75 Å². The predicted octanol–water partition coefficient (Wildman–Crippen LogP) is 3.46. The maximum atomic E-state index is 13.2. The number of aromatic nitrogens is 2. The van der Waals surface area contributed by atoms with E-state index in [0.717, 1.165) is 5.69 Å². The van der Waals surface area contributed by atoms with Gasteiger partial charge in [0.1, 0.15) is 17.5 Å². The van der Waals surface area contributed by atoms with Crippen molar-refractivity contribution in [2.24, 2.45) is 11.7 Å². The highest BCUT2D eigenvalue weighted by atomic mass is 35.5. The fourth-order valence-electron chi connectivity index (χ4n) is 3.81. The van der Waals surface area contributed by atoms with E-state index >= 15 is 0 Å². The van der Waals surface area contributed by atoms with E-state index < -0.39 is 5.91 Å². The molecule has 162 valence electrons. The highest BCUT2D eigenvalue weighted by Gasteiger charge is 2.35. The number of amides is 2. The van der Waals surface area contributed by atoms with E-state index in [0.29, 0.717) is 42.5 Å². The average Bonchev–Trinajstić information content (AvgIpc) is 3.13. The molecule has 30 heavy (non-hydrogen) atoms. The molecule has 0 spiro atoms. The van der Waals surface area contributed by atoms with Crippen LogP contribution in [0.1, 0.15) is 55.7 Å². The van der Waals surface area contributed by atoms with E-state index in [1.165, 1.54) is 0 Å². The Labute approximate surface area is 182 Å². The van der Waals surface area contributed by atoms with Crippen molar-refractivity contribution in [2.45, 2.75) is 52.2 Å². The summed E-state index contributed by atoms with van der Waals surface area (Å²) in [6.07, 6.45) is 0.537. The molecule has 0 saturated carbocycles. The zero-order valence-electron chi connectivity index (χ0n) is 17.7. The molecule has 0 unspecified atom stereocenters. The van der Waals surface area contributed by atoms with Gasteiger partial charge in [-0.05, 0) is 37.1 Å². The summed E-state index contributed by atoms with van der Waals surface area (Å²) in [5, 5.41) is 5.13.